The highest BCUT2D eigenvalue weighted by atomic mass is 32.2. The molecule has 2 N–H and O–H groups in total. The number of esters is 1. The van der Waals surface area contributed by atoms with Crippen LogP contribution in [0.3, 0.4) is 0 Å². The van der Waals surface area contributed by atoms with E-state index in [0.29, 0.717) is 12.8 Å². The maximum Gasteiger partial charge on any atom is 0.309 e. The average molecular weight is 453 g/mol. The molecule has 1 aliphatic rings. The van der Waals surface area contributed by atoms with Gasteiger partial charge in [0.25, 0.3) is 15.7 Å². The Labute approximate surface area is 176 Å². The smallest absolute Gasteiger partial charge is 0.309 e. The lowest BCUT2D eigenvalue weighted by atomic mass is 9.98. The van der Waals surface area contributed by atoms with E-state index in [1.54, 1.807) is 11.4 Å². The van der Waals surface area contributed by atoms with Gasteiger partial charge in [0.1, 0.15) is 10.8 Å². The maximum absolute atomic E-state index is 12.5. The SMILES string of the molecule is NC(=O)c1ccc(COC(=O)C2CCN(S(=O)(=O)c3cccs3)CC2)c([N+](=O)[O-])c1. The monoisotopic (exact) mass is 453 g/mol. The Bertz CT molecular complexity index is 1060. The fourth-order valence-electron chi connectivity index (χ4n) is 3.15. The molecule has 1 saturated heterocycles. The van der Waals surface area contributed by atoms with Gasteiger partial charge in [-0.15, -0.1) is 11.3 Å². The second-order valence-electron chi connectivity index (χ2n) is 6.68. The van der Waals surface area contributed by atoms with E-state index < -0.39 is 32.7 Å². The number of benzene rings is 1. The molecule has 1 amide bonds. The van der Waals surface area contributed by atoms with Crippen LogP contribution in [0.2, 0.25) is 0 Å². The van der Waals surface area contributed by atoms with Gasteiger partial charge in [-0.1, -0.05) is 6.07 Å². The lowest BCUT2D eigenvalue weighted by Gasteiger charge is -2.29. The van der Waals surface area contributed by atoms with E-state index in [9.17, 15) is 28.1 Å². The number of carbonyl (C=O) groups excluding carboxylic acids is 2. The summed E-state index contributed by atoms with van der Waals surface area (Å²) in [5.74, 6) is -1.84. The fourth-order valence-corrected chi connectivity index (χ4v) is 5.76. The third-order valence-electron chi connectivity index (χ3n) is 4.81. The summed E-state index contributed by atoms with van der Waals surface area (Å²) in [7, 11) is -3.56. The van der Waals surface area contributed by atoms with Gasteiger partial charge in [-0.3, -0.25) is 19.7 Å². The van der Waals surface area contributed by atoms with Gasteiger partial charge in [0.05, 0.1) is 16.4 Å². The van der Waals surface area contributed by atoms with Crippen LogP contribution < -0.4 is 5.73 Å². The first-order chi connectivity index (χ1) is 14.2. The largest absolute Gasteiger partial charge is 0.460 e. The van der Waals surface area contributed by atoms with Crippen molar-refractivity contribution in [2.24, 2.45) is 11.7 Å². The van der Waals surface area contributed by atoms with Gasteiger partial charge in [-0.25, -0.2) is 8.42 Å². The lowest BCUT2D eigenvalue weighted by Crippen LogP contribution is -2.40. The first-order valence-electron chi connectivity index (χ1n) is 8.97. The van der Waals surface area contributed by atoms with Crippen LogP contribution >= 0.6 is 11.3 Å². The molecular formula is C18H19N3O7S2. The number of piperidine rings is 1. The molecule has 1 aromatic heterocycles. The second-order valence-corrected chi connectivity index (χ2v) is 9.80. The van der Waals surface area contributed by atoms with E-state index in [4.69, 9.17) is 10.5 Å². The molecule has 0 aliphatic carbocycles. The van der Waals surface area contributed by atoms with Crippen molar-refractivity contribution in [1.29, 1.82) is 0 Å². The first-order valence-corrected chi connectivity index (χ1v) is 11.3. The second kappa shape index (κ2) is 8.90. The zero-order chi connectivity index (χ0) is 21.9. The van der Waals surface area contributed by atoms with Crippen molar-refractivity contribution >= 4 is 38.9 Å². The van der Waals surface area contributed by atoms with Crippen LogP contribution in [-0.4, -0.2) is 42.6 Å². The van der Waals surface area contributed by atoms with E-state index in [-0.39, 0.29) is 40.7 Å². The summed E-state index contributed by atoms with van der Waals surface area (Å²) in [5, 5.41) is 12.9. The van der Waals surface area contributed by atoms with Crippen molar-refractivity contribution in [3.63, 3.8) is 0 Å². The Morgan fingerprint density at radius 3 is 2.53 bits per heavy atom. The number of ether oxygens (including phenoxy) is 1. The van der Waals surface area contributed by atoms with Gasteiger partial charge in [0.2, 0.25) is 5.91 Å². The molecule has 2 heterocycles. The number of rotatable bonds is 7. The van der Waals surface area contributed by atoms with Gasteiger partial charge >= 0.3 is 5.97 Å². The molecule has 0 spiro atoms. The van der Waals surface area contributed by atoms with Crippen molar-refractivity contribution in [3.05, 3.63) is 57.0 Å². The third kappa shape index (κ3) is 4.66. The number of nitrogens with two attached hydrogens (primary N) is 1. The Hall–Kier alpha value is -2.83. The number of amides is 1. The van der Waals surface area contributed by atoms with Crippen molar-refractivity contribution in [2.75, 3.05) is 13.1 Å². The van der Waals surface area contributed by atoms with Crippen molar-refractivity contribution in [2.45, 2.75) is 23.7 Å². The standard InChI is InChI=1S/C18H19N3O7S2/c19-17(22)13-3-4-14(15(10-13)21(24)25)11-28-18(23)12-5-7-20(8-6-12)30(26,27)16-2-1-9-29-16/h1-4,9-10,12H,5-8,11H2,(H2,19,22). The number of nitro groups is 1. The quantitative estimate of drug-likeness (QED) is 0.382. The molecule has 12 heteroatoms. The molecular weight excluding hydrogens is 434 g/mol. The maximum atomic E-state index is 12.5. The summed E-state index contributed by atoms with van der Waals surface area (Å²) >= 11 is 1.14. The zero-order valence-electron chi connectivity index (χ0n) is 15.7. The van der Waals surface area contributed by atoms with Gasteiger partial charge in [0.15, 0.2) is 0 Å². The number of hydrogen-bond acceptors (Lipinski definition) is 8. The average Bonchev–Trinajstić information content (AvgIpc) is 3.27. The van der Waals surface area contributed by atoms with E-state index in [2.05, 4.69) is 0 Å². The molecule has 1 fully saturated rings. The van der Waals surface area contributed by atoms with Crippen LogP contribution in [-0.2, 0) is 26.2 Å². The molecule has 2 aromatic rings. The topological polar surface area (TPSA) is 150 Å². The summed E-state index contributed by atoms with van der Waals surface area (Å²) in [5.41, 5.74) is 4.89. The molecule has 160 valence electrons. The molecule has 3 rings (SSSR count). The predicted octanol–water partition coefficient (Wildman–Crippen LogP) is 1.90. The number of sulfonamides is 1. The number of hydrogen-bond donors (Lipinski definition) is 1. The highest BCUT2D eigenvalue weighted by molar-refractivity contribution is 7.91. The van der Waals surface area contributed by atoms with E-state index in [1.807, 2.05) is 0 Å². The van der Waals surface area contributed by atoms with Crippen LogP contribution in [0, 0.1) is 16.0 Å². The number of nitrogens with zero attached hydrogens (tertiary/aromatic N) is 2. The molecule has 1 aliphatic heterocycles. The first kappa shape index (κ1) is 21.9. The normalized spacial score (nSPS) is 15.6. The molecule has 0 saturated carbocycles. The Kier molecular flexibility index (Phi) is 6.48. The number of carbonyl (C=O) groups is 2. The molecule has 0 bridgehead atoms. The Morgan fingerprint density at radius 1 is 1.27 bits per heavy atom. The summed E-state index contributed by atoms with van der Waals surface area (Å²) < 4.78 is 31.9. The summed E-state index contributed by atoms with van der Waals surface area (Å²) in [4.78, 5) is 34.1. The zero-order valence-corrected chi connectivity index (χ0v) is 17.4. The highest BCUT2D eigenvalue weighted by Crippen LogP contribution is 2.27. The fraction of sp³-hybridized carbons (Fsp3) is 0.333. The van der Waals surface area contributed by atoms with Crippen LogP contribution in [0.25, 0.3) is 0 Å². The van der Waals surface area contributed by atoms with Crippen LogP contribution in [0.4, 0.5) is 5.69 Å². The highest BCUT2D eigenvalue weighted by Gasteiger charge is 2.33. The van der Waals surface area contributed by atoms with Crippen LogP contribution in [0.15, 0.2) is 39.9 Å². The molecule has 0 atom stereocenters. The summed E-state index contributed by atoms with van der Waals surface area (Å²) in [6.07, 6.45) is 0.596. The minimum absolute atomic E-state index is 0.0175. The van der Waals surface area contributed by atoms with Gasteiger partial charge < -0.3 is 10.5 Å². The van der Waals surface area contributed by atoms with Crippen LogP contribution in [0.1, 0.15) is 28.8 Å². The third-order valence-corrected chi connectivity index (χ3v) is 8.08. The number of primary amides is 1. The molecule has 0 radical (unpaired) electrons. The molecule has 30 heavy (non-hydrogen) atoms. The van der Waals surface area contributed by atoms with E-state index in [1.165, 1.54) is 22.5 Å². The van der Waals surface area contributed by atoms with Gasteiger partial charge in [0, 0.05) is 24.7 Å². The predicted molar refractivity (Wildman–Crippen MR) is 107 cm³/mol. The lowest BCUT2D eigenvalue weighted by molar-refractivity contribution is -0.385. The Morgan fingerprint density at radius 2 is 1.97 bits per heavy atom. The Balaban J connectivity index is 1.59. The van der Waals surface area contributed by atoms with E-state index in [0.717, 1.165) is 17.4 Å². The van der Waals surface area contributed by atoms with Crippen molar-refractivity contribution < 1.29 is 27.7 Å². The van der Waals surface area contributed by atoms with E-state index >= 15 is 0 Å². The number of thiophene rings is 1. The summed E-state index contributed by atoms with van der Waals surface area (Å²) in [6.45, 7) is 0.0445. The molecule has 1 aromatic carbocycles. The van der Waals surface area contributed by atoms with Gasteiger partial charge in [-0.2, -0.15) is 4.31 Å². The molecule has 10 nitrogen and oxygen atoms in total. The minimum Gasteiger partial charge on any atom is -0.460 e. The summed E-state index contributed by atoms with van der Waals surface area (Å²) in [6, 6.07) is 6.89. The number of nitro benzene ring substituents is 1. The minimum atomic E-state index is -3.56. The van der Waals surface area contributed by atoms with Crippen molar-refractivity contribution in [3.8, 4) is 0 Å². The molecule has 0 unspecified atom stereocenters. The van der Waals surface area contributed by atoms with Crippen LogP contribution in [0.5, 0.6) is 0 Å². The van der Waals surface area contributed by atoms with Crippen molar-refractivity contribution in [1.82, 2.24) is 4.31 Å². The van der Waals surface area contributed by atoms with Gasteiger partial charge in [-0.05, 0) is 36.4 Å².